The third-order valence-corrected chi connectivity index (χ3v) is 6.77. The van der Waals surface area contributed by atoms with Gasteiger partial charge in [-0.2, -0.15) is 0 Å². The van der Waals surface area contributed by atoms with Crippen LogP contribution in [-0.4, -0.2) is 41.9 Å². The number of benzene rings is 1. The lowest BCUT2D eigenvalue weighted by atomic mass is 9.93. The van der Waals surface area contributed by atoms with Gasteiger partial charge >= 0.3 is 0 Å². The van der Waals surface area contributed by atoms with Crippen LogP contribution in [-0.2, 0) is 14.8 Å². The number of hydrogen-bond acceptors (Lipinski definition) is 5. The standard InChI is InChI=1S/C18H24N2O4S/c1-12(2)20-18(22)16(19-14-8-10-15(21)11-9-14)17(25(20,23)24)13-6-4-3-5-7-13/h3-7,12,14-15,19,21H,8-11H2,1-2H3/t14-,15-. The molecule has 0 atom stereocenters. The molecule has 0 bridgehead atoms. The number of aliphatic hydroxyl groups excluding tert-OH is 1. The molecule has 1 aromatic rings. The molecule has 1 fully saturated rings. The van der Waals surface area contributed by atoms with Crippen molar-refractivity contribution in [3.63, 3.8) is 0 Å². The summed E-state index contributed by atoms with van der Waals surface area (Å²) in [5.41, 5.74) is 0.665. The van der Waals surface area contributed by atoms with Gasteiger partial charge in [0.05, 0.1) is 6.10 Å². The third kappa shape index (κ3) is 3.30. The Morgan fingerprint density at radius 1 is 1.12 bits per heavy atom. The van der Waals surface area contributed by atoms with Crippen molar-refractivity contribution in [2.45, 2.75) is 57.7 Å². The van der Waals surface area contributed by atoms with Gasteiger partial charge < -0.3 is 10.4 Å². The Labute approximate surface area is 148 Å². The first kappa shape index (κ1) is 17.9. The summed E-state index contributed by atoms with van der Waals surface area (Å²) in [5, 5.41) is 12.8. The van der Waals surface area contributed by atoms with Crippen LogP contribution in [0.5, 0.6) is 0 Å². The van der Waals surface area contributed by atoms with Crippen molar-refractivity contribution in [3.8, 4) is 0 Å². The lowest BCUT2D eigenvalue weighted by Gasteiger charge is -2.27. The molecule has 7 heteroatoms. The average Bonchev–Trinajstić information content (AvgIpc) is 2.76. The van der Waals surface area contributed by atoms with E-state index in [0.717, 1.165) is 4.31 Å². The summed E-state index contributed by atoms with van der Waals surface area (Å²) < 4.78 is 27.0. The monoisotopic (exact) mass is 364 g/mol. The van der Waals surface area contributed by atoms with E-state index >= 15 is 0 Å². The Balaban J connectivity index is 2.03. The van der Waals surface area contributed by atoms with Crippen LogP contribution in [0.25, 0.3) is 4.91 Å². The third-order valence-electron chi connectivity index (χ3n) is 4.71. The van der Waals surface area contributed by atoms with Crippen molar-refractivity contribution >= 4 is 20.8 Å². The summed E-state index contributed by atoms with van der Waals surface area (Å²) in [7, 11) is -3.89. The highest BCUT2D eigenvalue weighted by Crippen LogP contribution is 2.36. The summed E-state index contributed by atoms with van der Waals surface area (Å²) in [6, 6.07) is 8.27. The predicted octanol–water partition coefficient (Wildman–Crippen LogP) is 1.83. The van der Waals surface area contributed by atoms with Gasteiger partial charge in [0.15, 0.2) is 0 Å². The van der Waals surface area contributed by atoms with Gasteiger partial charge in [0, 0.05) is 12.1 Å². The van der Waals surface area contributed by atoms with Crippen LogP contribution in [0.15, 0.2) is 36.0 Å². The molecule has 2 aliphatic rings. The zero-order valence-electron chi connectivity index (χ0n) is 14.5. The summed E-state index contributed by atoms with van der Waals surface area (Å²) >= 11 is 0. The highest BCUT2D eigenvalue weighted by Gasteiger charge is 2.46. The zero-order chi connectivity index (χ0) is 18.2. The van der Waals surface area contributed by atoms with Crippen LogP contribution in [0.2, 0.25) is 0 Å². The van der Waals surface area contributed by atoms with E-state index in [4.69, 9.17) is 0 Å². The first-order chi connectivity index (χ1) is 11.8. The second-order valence-electron chi connectivity index (χ2n) is 6.92. The molecule has 0 unspecified atom stereocenters. The van der Waals surface area contributed by atoms with Gasteiger partial charge in [-0.25, -0.2) is 12.7 Å². The van der Waals surface area contributed by atoms with Crippen LogP contribution in [0.4, 0.5) is 0 Å². The largest absolute Gasteiger partial charge is 0.393 e. The van der Waals surface area contributed by atoms with Crippen molar-refractivity contribution in [2.24, 2.45) is 0 Å². The van der Waals surface area contributed by atoms with E-state index in [1.54, 1.807) is 38.1 Å². The molecule has 25 heavy (non-hydrogen) atoms. The molecule has 0 saturated heterocycles. The number of rotatable bonds is 4. The molecule has 1 amide bonds. The van der Waals surface area contributed by atoms with Gasteiger partial charge in [0.1, 0.15) is 10.6 Å². The number of carbonyl (C=O) groups is 1. The lowest BCUT2D eigenvalue weighted by molar-refractivity contribution is -0.123. The molecule has 1 aliphatic heterocycles. The van der Waals surface area contributed by atoms with E-state index in [1.807, 2.05) is 6.07 Å². The maximum Gasteiger partial charge on any atom is 0.285 e. The molecule has 0 aromatic heterocycles. The first-order valence-corrected chi connectivity index (χ1v) is 10.1. The van der Waals surface area contributed by atoms with Crippen LogP contribution in [0.1, 0.15) is 45.1 Å². The van der Waals surface area contributed by atoms with Crippen LogP contribution in [0, 0.1) is 0 Å². The van der Waals surface area contributed by atoms with E-state index in [0.29, 0.717) is 31.2 Å². The summed E-state index contributed by atoms with van der Waals surface area (Å²) in [5.74, 6) is -0.500. The van der Waals surface area contributed by atoms with E-state index < -0.39 is 22.0 Å². The molecule has 2 N–H and O–H groups in total. The van der Waals surface area contributed by atoms with Gasteiger partial charge in [-0.3, -0.25) is 4.79 Å². The van der Waals surface area contributed by atoms with E-state index in [1.165, 1.54) is 0 Å². The topological polar surface area (TPSA) is 86.7 Å². The summed E-state index contributed by atoms with van der Waals surface area (Å²) in [4.78, 5) is 12.9. The summed E-state index contributed by atoms with van der Waals surface area (Å²) in [6.45, 7) is 3.38. The molecule has 3 rings (SSSR count). The molecule has 136 valence electrons. The number of amides is 1. The Bertz CT molecular complexity index is 779. The Hall–Kier alpha value is -1.86. The average molecular weight is 364 g/mol. The Morgan fingerprint density at radius 2 is 1.72 bits per heavy atom. The fourth-order valence-electron chi connectivity index (χ4n) is 3.49. The molecule has 0 spiro atoms. The highest BCUT2D eigenvalue weighted by atomic mass is 32.2. The second kappa shape index (κ2) is 6.80. The molecule has 6 nitrogen and oxygen atoms in total. The van der Waals surface area contributed by atoms with Crippen molar-refractivity contribution < 1.29 is 18.3 Å². The van der Waals surface area contributed by atoms with Crippen LogP contribution < -0.4 is 5.32 Å². The number of nitrogens with one attached hydrogen (secondary N) is 1. The van der Waals surface area contributed by atoms with Gasteiger partial charge in [0.25, 0.3) is 15.9 Å². The molecule has 1 aromatic carbocycles. The smallest absolute Gasteiger partial charge is 0.285 e. The lowest BCUT2D eigenvalue weighted by Crippen LogP contribution is -2.41. The van der Waals surface area contributed by atoms with Gasteiger partial charge in [-0.15, -0.1) is 0 Å². The normalized spacial score (nSPS) is 26.4. The molecular formula is C18H24N2O4S. The van der Waals surface area contributed by atoms with Gasteiger partial charge in [-0.1, -0.05) is 30.3 Å². The zero-order valence-corrected chi connectivity index (χ0v) is 15.3. The fraction of sp³-hybridized carbons (Fsp3) is 0.500. The van der Waals surface area contributed by atoms with E-state index in [9.17, 15) is 18.3 Å². The number of carbonyl (C=O) groups excluding carboxylic acids is 1. The van der Waals surface area contributed by atoms with E-state index in [-0.39, 0.29) is 22.7 Å². The number of sulfonamides is 1. The molecule has 1 heterocycles. The van der Waals surface area contributed by atoms with Gasteiger partial charge in [0.2, 0.25) is 0 Å². The Morgan fingerprint density at radius 3 is 2.28 bits per heavy atom. The van der Waals surface area contributed by atoms with Crippen molar-refractivity contribution in [1.29, 1.82) is 0 Å². The van der Waals surface area contributed by atoms with Crippen LogP contribution in [0.3, 0.4) is 0 Å². The Kier molecular flexibility index (Phi) is 4.88. The number of aliphatic hydroxyl groups is 1. The molecular weight excluding hydrogens is 340 g/mol. The van der Waals surface area contributed by atoms with Crippen LogP contribution >= 0.6 is 0 Å². The SMILES string of the molecule is CC(C)N1C(=O)C(N[C@H]2CC[C@H](O)CC2)=C(c2ccccc2)S1(=O)=O. The number of hydrogen-bond donors (Lipinski definition) is 2. The van der Waals surface area contributed by atoms with Crippen molar-refractivity contribution in [1.82, 2.24) is 9.62 Å². The minimum Gasteiger partial charge on any atom is -0.393 e. The minimum absolute atomic E-state index is 0.0108. The highest BCUT2D eigenvalue weighted by molar-refractivity contribution is 7.99. The maximum atomic E-state index is 13.0. The predicted molar refractivity (Wildman–Crippen MR) is 95.7 cm³/mol. The molecule has 0 radical (unpaired) electrons. The van der Waals surface area contributed by atoms with E-state index in [2.05, 4.69) is 5.32 Å². The van der Waals surface area contributed by atoms with Gasteiger partial charge in [-0.05, 0) is 45.1 Å². The molecule has 1 saturated carbocycles. The second-order valence-corrected chi connectivity index (χ2v) is 8.67. The quantitative estimate of drug-likeness (QED) is 0.851. The first-order valence-electron chi connectivity index (χ1n) is 8.65. The minimum atomic E-state index is -3.89. The van der Waals surface area contributed by atoms with Crippen molar-refractivity contribution in [3.05, 3.63) is 41.6 Å². The molecule has 1 aliphatic carbocycles. The summed E-state index contributed by atoms with van der Waals surface area (Å²) in [6.07, 6.45) is 2.42. The maximum absolute atomic E-state index is 13.0. The number of nitrogens with zero attached hydrogens (tertiary/aromatic N) is 1. The van der Waals surface area contributed by atoms with Crippen molar-refractivity contribution in [2.75, 3.05) is 0 Å². The fourth-order valence-corrected chi connectivity index (χ4v) is 5.39.